The largest absolute Gasteiger partial charge is 0.379 e. The zero-order chi connectivity index (χ0) is 17.9. The van der Waals surface area contributed by atoms with Crippen molar-refractivity contribution >= 4 is 79.8 Å². The molecule has 0 N–H and O–H groups in total. The van der Waals surface area contributed by atoms with Crippen molar-refractivity contribution in [1.82, 2.24) is 0 Å². The summed E-state index contributed by atoms with van der Waals surface area (Å²) in [7, 11) is 4.72. The van der Waals surface area contributed by atoms with E-state index < -0.39 is 0 Å². The number of rotatable bonds is 5. The van der Waals surface area contributed by atoms with E-state index in [0.717, 1.165) is 11.1 Å². The smallest absolute Gasteiger partial charge is 0.315 e. The Morgan fingerprint density at radius 2 is 1.42 bits per heavy atom. The van der Waals surface area contributed by atoms with Gasteiger partial charge in [0.1, 0.15) is 11.1 Å². The first-order valence-corrected chi connectivity index (χ1v) is 12.7. The van der Waals surface area contributed by atoms with Crippen LogP contribution in [0.1, 0.15) is 6.92 Å². The first kappa shape index (κ1) is 17.9. The molecule has 26 heavy (non-hydrogen) atoms. The summed E-state index contributed by atoms with van der Waals surface area (Å²) < 4.78 is 4.87. The van der Waals surface area contributed by atoms with E-state index in [0.29, 0.717) is 0 Å². The summed E-state index contributed by atoms with van der Waals surface area (Å²) in [5.41, 5.74) is 0. The van der Waals surface area contributed by atoms with Crippen molar-refractivity contribution in [3.8, 4) is 0 Å². The molecule has 0 aromatic heterocycles. The molecule has 0 unspecified atom stereocenters. The van der Waals surface area contributed by atoms with Gasteiger partial charge in [-0.25, -0.2) is 0 Å². The van der Waals surface area contributed by atoms with Crippen LogP contribution in [-0.4, -0.2) is 5.97 Å². The monoisotopic (exact) mass is 414 g/mol. The van der Waals surface area contributed by atoms with Crippen LogP contribution in [-0.2, 0) is 8.98 Å². The SMILES string of the molecule is CC(=O)OSSSSc1cccc2cc3cc4ccccc4cc3cc12. The number of fused-ring (bicyclic) bond motifs is 3. The van der Waals surface area contributed by atoms with Crippen molar-refractivity contribution in [2.75, 3.05) is 0 Å². The van der Waals surface area contributed by atoms with Crippen molar-refractivity contribution < 1.29 is 8.98 Å². The molecule has 0 atom stereocenters. The minimum absolute atomic E-state index is 0.281. The Morgan fingerprint density at radius 1 is 0.769 bits per heavy atom. The molecule has 0 amide bonds. The first-order valence-electron chi connectivity index (χ1n) is 7.91. The molecule has 0 radical (unpaired) electrons. The molecule has 2 nitrogen and oxygen atoms in total. The lowest BCUT2D eigenvalue weighted by atomic mass is 10.00. The molecule has 4 rings (SSSR count). The third kappa shape index (κ3) is 3.93. The number of carbonyl (C=O) groups excluding carboxylic acids is 1. The van der Waals surface area contributed by atoms with Gasteiger partial charge in [-0.3, -0.25) is 4.79 Å². The highest BCUT2D eigenvalue weighted by molar-refractivity contribution is 9.25. The molecule has 0 bridgehead atoms. The molecule has 0 aliphatic heterocycles. The van der Waals surface area contributed by atoms with Crippen LogP contribution in [0.2, 0.25) is 0 Å². The molecule has 0 spiro atoms. The van der Waals surface area contributed by atoms with Gasteiger partial charge in [-0.1, -0.05) is 36.4 Å². The summed E-state index contributed by atoms with van der Waals surface area (Å²) in [6.45, 7) is 1.41. The highest BCUT2D eigenvalue weighted by Crippen LogP contribution is 2.48. The standard InChI is InChI=1S/C20H14O2S4/c1-13(21)22-24-26-25-23-20-8-4-7-16-11-17-9-14-5-2-3-6-15(14)10-18(17)12-19(16)20/h2-12H,1H3. The third-order valence-corrected chi connectivity index (χ3v) is 9.40. The lowest BCUT2D eigenvalue weighted by Gasteiger charge is -2.08. The molecule has 0 saturated carbocycles. The van der Waals surface area contributed by atoms with Crippen molar-refractivity contribution in [3.05, 3.63) is 66.7 Å². The second-order valence-corrected chi connectivity index (χ2v) is 11.1. The summed E-state index contributed by atoms with van der Waals surface area (Å²) >= 11 is 1.10. The topological polar surface area (TPSA) is 26.3 Å². The molecular formula is C20H14O2S4. The van der Waals surface area contributed by atoms with Gasteiger partial charge in [-0.05, 0) is 83.3 Å². The minimum atomic E-state index is -0.281. The summed E-state index contributed by atoms with van der Waals surface area (Å²) in [6.07, 6.45) is 0. The van der Waals surface area contributed by atoms with Crippen LogP contribution in [0.3, 0.4) is 0 Å². The molecule has 0 fully saturated rings. The average Bonchev–Trinajstić information content (AvgIpc) is 2.64. The summed E-state index contributed by atoms with van der Waals surface area (Å²) in [4.78, 5) is 12.0. The zero-order valence-electron chi connectivity index (χ0n) is 13.8. The Morgan fingerprint density at radius 3 is 2.15 bits per heavy atom. The Bertz CT molecular complexity index is 1110. The van der Waals surface area contributed by atoms with Gasteiger partial charge in [0.25, 0.3) is 0 Å². The van der Waals surface area contributed by atoms with E-state index in [-0.39, 0.29) is 5.97 Å². The maximum absolute atomic E-state index is 10.8. The second kappa shape index (κ2) is 8.05. The first-order chi connectivity index (χ1) is 12.7. The molecule has 6 heteroatoms. The lowest BCUT2D eigenvalue weighted by Crippen LogP contribution is -1.85. The van der Waals surface area contributed by atoms with Gasteiger partial charge in [0.05, 0.1) is 0 Å². The maximum atomic E-state index is 10.8. The van der Waals surface area contributed by atoms with Crippen LogP contribution in [0, 0.1) is 0 Å². The predicted octanol–water partition coefficient (Wildman–Crippen LogP) is 7.66. The molecule has 0 heterocycles. The Hall–Kier alpha value is -1.47. The molecule has 4 aromatic rings. The fraction of sp³-hybridized carbons (Fsp3) is 0.0500. The normalized spacial score (nSPS) is 11.3. The van der Waals surface area contributed by atoms with E-state index in [1.165, 1.54) is 54.0 Å². The van der Waals surface area contributed by atoms with Crippen molar-refractivity contribution in [3.63, 3.8) is 0 Å². The Balaban J connectivity index is 1.67. The minimum Gasteiger partial charge on any atom is -0.379 e. The van der Waals surface area contributed by atoms with E-state index >= 15 is 0 Å². The molecule has 4 aromatic carbocycles. The Labute approximate surface area is 166 Å². The number of carbonyl (C=O) groups is 1. The van der Waals surface area contributed by atoms with Crippen molar-refractivity contribution in [2.45, 2.75) is 11.8 Å². The highest BCUT2D eigenvalue weighted by atomic mass is 33.7. The fourth-order valence-corrected chi connectivity index (χ4v) is 7.44. The summed E-state index contributed by atoms with van der Waals surface area (Å²) in [5.74, 6) is -0.281. The molecule has 130 valence electrons. The third-order valence-electron chi connectivity index (χ3n) is 3.99. The van der Waals surface area contributed by atoms with Crippen LogP contribution in [0.25, 0.3) is 32.3 Å². The van der Waals surface area contributed by atoms with E-state index in [9.17, 15) is 4.79 Å². The van der Waals surface area contributed by atoms with Gasteiger partial charge in [-0.2, -0.15) is 0 Å². The number of hydrogen-bond donors (Lipinski definition) is 0. The van der Waals surface area contributed by atoms with Crippen LogP contribution in [0.15, 0.2) is 71.6 Å². The maximum Gasteiger partial charge on any atom is 0.315 e. The highest BCUT2D eigenvalue weighted by Gasteiger charge is 2.07. The number of hydrogen-bond acceptors (Lipinski definition) is 6. The van der Waals surface area contributed by atoms with E-state index in [2.05, 4.69) is 66.7 Å². The van der Waals surface area contributed by atoms with E-state index in [1.807, 2.05) is 0 Å². The van der Waals surface area contributed by atoms with Crippen LogP contribution in [0.5, 0.6) is 0 Å². The van der Waals surface area contributed by atoms with Gasteiger partial charge in [0.2, 0.25) is 0 Å². The molecule has 0 saturated heterocycles. The molecule has 0 aliphatic rings. The van der Waals surface area contributed by atoms with Gasteiger partial charge in [0, 0.05) is 21.6 Å². The zero-order valence-corrected chi connectivity index (χ0v) is 17.1. The second-order valence-electron chi connectivity index (χ2n) is 5.74. The van der Waals surface area contributed by atoms with Gasteiger partial charge in [-0.15, -0.1) is 0 Å². The van der Waals surface area contributed by atoms with Gasteiger partial charge in [0.15, 0.2) is 0 Å². The van der Waals surface area contributed by atoms with Crippen molar-refractivity contribution in [2.24, 2.45) is 0 Å². The number of benzene rings is 4. The van der Waals surface area contributed by atoms with Crippen LogP contribution < -0.4 is 0 Å². The molecular weight excluding hydrogens is 400 g/mol. The van der Waals surface area contributed by atoms with Crippen LogP contribution >= 0.6 is 41.5 Å². The fourth-order valence-electron chi connectivity index (χ4n) is 2.89. The summed E-state index contributed by atoms with van der Waals surface area (Å²) in [5, 5.41) is 7.50. The average molecular weight is 415 g/mol. The Kier molecular flexibility index (Phi) is 5.55. The van der Waals surface area contributed by atoms with E-state index in [4.69, 9.17) is 4.18 Å². The molecule has 0 aliphatic carbocycles. The lowest BCUT2D eigenvalue weighted by molar-refractivity contribution is -0.130. The van der Waals surface area contributed by atoms with Crippen molar-refractivity contribution in [1.29, 1.82) is 0 Å². The van der Waals surface area contributed by atoms with Crippen LogP contribution in [0.4, 0.5) is 0 Å². The van der Waals surface area contributed by atoms with Gasteiger partial charge < -0.3 is 4.18 Å². The quantitative estimate of drug-likeness (QED) is 0.144. The predicted molar refractivity (Wildman–Crippen MR) is 119 cm³/mol. The van der Waals surface area contributed by atoms with Gasteiger partial charge >= 0.3 is 5.97 Å². The summed E-state index contributed by atoms with van der Waals surface area (Å²) in [6, 6.07) is 23.9. The van der Waals surface area contributed by atoms with E-state index in [1.54, 1.807) is 20.6 Å².